The van der Waals surface area contributed by atoms with E-state index in [-0.39, 0.29) is 5.25 Å². The Hall–Kier alpha value is -1.36. The van der Waals surface area contributed by atoms with Crippen molar-refractivity contribution < 1.29 is 9.53 Å². The number of nitrogens with zero attached hydrogens (tertiary/aromatic N) is 2. The number of rotatable bonds is 3. The monoisotopic (exact) mass is 320 g/mol. The fourth-order valence-electron chi connectivity index (χ4n) is 3.12. The molecule has 0 aliphatic carbocycles. The maximum absolute atomic E-state index is 12.5. The van der Waals surface area contributed by atoms with Gasteiger partial charge in [-0.3, -0.25) is 4.79 Å². The van der Waals surface area contributed by atoms with Gasteiger partial charge in [0.05, 0.1) is 12.4 Å². The molecule has 0 spiro atoms. The van der Waals surface area contributed by atoms with Gasteiger partial charge in [-0.2, -0.15) is 0 Å². The summed E-state index contributed by atoms with van der Waals surface area (Å²) in [5.74, 6) is 2.38. The number of amides is 1. The summed E-state index contributed by atoms with van der Waals surface area (Å²) < 4.78 is 5.20. The van der Waals surface area contributed by atoms with Crippen LogP contribution in [0.5, 0.6) is 5.75 Å². The van der Waals surface area contributed by atoms with Crippen molar-refractivity contribution >= 4 is 23.4 Å². The zero-order valence-corrected chi connectivity index (χ0v) is 14.0. The first-order chi connectivity index (χ1) is 10.8. The highest BCUT2D eigenvalue weighted by Crippen LogP contribution is 2.27. The van der Waals surface area contributed by atoms with Crippen LogP contribution in [-0.2, 0) is 4.79 Å². The molecule has 0 radical (unpaired) electrons. The van der Waals surface area contributed by atoms with Gasteiger partial charge in [-0.1, -0.05) is 6.42 Å². The fraction of sp³-hybridized carbons (Fsp3) is 0.588. The van der Waals surface area contributed by atoms with E-state index in [0.717, 1.165) is 44.1 Å². The van der Waals surface area contributed by atoms with Gasteiger partial charge in [0.1, 0.15) is 5.75 Å². The molecule has 1 atom stereocenters. The molecule has 0 bridgehead atoms. The van der Waals surface area contributed by atoms with Crippen molar-refractivity contribution in [3.63, 3.8) is 0 Å². The maximum Gasteiger partial charge on any atom is 0.235 e. The molecule has 1 aromatic rings. The summed E-state index contributed by atoms with van der Waals surface area (Å²) in [5.41, 5.74) is 1.21. The average Bonchev–Trinajstić information content (AvgIpc) is 2.62. The Morgan fingerprint density at radius 3 is 2.45 bits per heavy atom. The SMILES string of the molecule is COc1ccc(N2CCN(C(=O)C3CCCCS3)CC2)cc1. The van der Waals surface area contributed by atoms with Gasteiger partial charge in [0.15, 0.2) is 0 Å². The van der Waals surface area contributed by atoms with E-state index in [9.17, 15) is 4.79 Å². The average molecular weight is 320 g/mol. The van der Waals surface area contributed by atoms with Gasteiger partial charge in [0.25, 0.3) is 0 Å². The molecule has 0 aromatic heterocycles. The number of hydrogen-bond acceptors (Lipinski definition) is 4. The van der Waals surface area contributed by atoms with E-state index in [2.05, 4.69) is 21.9 Å². The molecule has 2 aliphatic heterocycles. The first-order valence-corrected chi connectivity index (χ1v) is 9.12. The number of hydrogen-bond donors (Lipinski definition) is 0. The van der Waals surface area contributed by atoms with Gasteiger partial charge in [-0.15, -0.1) is 11.8 Å². The second-order valence-electron chi connectivity index (χ2n) is 5.87. The molecule has 2 heterocycles. The molecule has 3 rings (SSSR count). The lowest BCUT2D eigenvalue weighted by molar-refractivity contribution is -0.131. The number of anilines is 1. The molecule has 0 N–H and O–H groups in total. The van der Waals surface area contributed by atoms with Gasteiger partial charge in [-0.25, -0.2) is 0 Å². The Morgan fingerprint density at radius 1 is 1.14 bits per heavy atom. The second-order valence-corrected chi connectivity index (χ2v) is 7.18. The van der Waals surface area contributed by atoms with Crippen LogP contribution in [0.3, 0.4) is 0 Å². The highest BCUT2D eigenvalue weighted by Gasteiger charge is 2.28. The van der Waals surface area contributed by atoms with Crippen molar-refractivity contribution in [3.05, 3.63) is 24.3 Å². The number of piperazine rings is 1. The molecular formula is C17H24N2O2S. The van der Waals surface area contributed by atoms with Crippen molar-refractivity contribution in [2.24, 2.45) is 0 Å². The molecule has 0 saturated carbocycles. The Kier molecular flexibility index (Phi) is 5.13. The van der Waals surface area contributed by atoms with E-state index < -0.39 is 0 Å². The molecule has 4 nitrogen and oxygen atoms in total. The van der Waals surface area contributed by atoms with Crippen molar-refractivity contribution in [2.45, 2.75) is 24.5 Å². The van der Waals surface area contributed by atoms with Crippen molar-refractivity contribution in [3.8, 4) is 5.75 Å². The van der Waals surface area contributed by atoms with Crippen molar-refractivity contribution in [1.29, 1.82) is 0 Å². The highest BCUT2D eigenvalue weighted by molar-refractivity contribution is 8.00. The Labute approximate surface area is 136 Å². The van der Waals surface area contributed by atoms with Crippen LogP contribution in [0.25, 0.3) is 0 Å². The lowest BCUT2D eigenvalue weighted by Crippen LogP contribution is -2.51. The van der Waals surface area contributed by atoms with E-state index in [1.54, 1.807) is 7.11 Å². The number of ether oxygens (including phenoxy) is 1. The highest BCUT2D eigenvalue weighted by atomic mass is 32.2. The molecule has 1 aromatic carbocycles. The predicted molar refractivity (Wildman–Crippen MR) is 91.9 cm³/mol. The summed E-state index contributed by atoms with van der Waals surface area (Å²) in [6.07, 6.45) is 3.52. The summed E-state index contributed by atoms with van der Waals surface area (Å²) >= 11 is 1.85. The van der Waals surface area contributed by atoms with E-state index in [4.69, 9.17) is 4.74 Å². The largest absolute Gasteiger partial charge is 0.497 e. The first-order valence-electron chi connectivity index (χ1n) is 8.07. The smallest absolute Gasteiger partial charge is 0.235 e. The third kappa shape index (κ3) is 3.51. The van der Waals surface area contributed by atoms with Crippen LogP contribution in [0.15, 0.2) is 24.3 Å². The third-order valence-corrected chi connectivity index (χ3v) is 5.85. The van der Waals surface area contributed by atoms with Crippen molar-refractivity contribution in [2.75, 3.05) is 43.9 Å². The lowest BCUT2D eigenvalue weighted by Gasteiger charge is -2.38. The number of carbonyl (C=O) groups is 1. The summed E-state index contributed by atoms with van der Waals surface area (Å²) in [7, 11) is 1.68. The van der Waals surface area contributed by atoms with Crippen LogP contribution in [0.4, 0.5) is 5.69 Å². The molecule has 1 unspecified atom stereocenters. The van der Waals surface area contributed by atoms with Crippen LogP contribution in [-0.4, -0.2) is 55.1 Å². The van der Waals surface area contributed by atoms with Gasteiger partial charge in [0.2, 0.25) is 5.91 Å². The van der Waals surface area contributed by atoms with E-state index >= 15 is 0 Å². The van der Waals surface area contributed by atoms with Crippen LogP contribution in [0.2, 0.25) is 0 Å². The quantitative estimate of drug-likeness (QED) is 0.857. The van der Waals surface area contributed by atoms with Gasteiger partial charge in [-0.05, 0) is 42.9 Å². The molecule has 2 aliphatic rings. The number of benzene rings is 1. The third-order valence-electron chi connectivity index (χ3n) is 4.48. The number of thioether (sulfide) groups is 1. The van der Waals surface area contributed by atoms with Crippen LogP contribution in [0.1, 0.15) is 19.3 Å². The fourth-order valence-corrected chi connectivity index (χ4v) is 4.40. The standard InChI is InChI=1S/C17H24N2O2S/c1-21-15-7-5-14(6-8-15)18-9-11-19(12-10-18)17(20)16-4-2-3-13-22-16/h5-8,16H,2-4,9-13H2,1H3. The van der Waals surface area contributed by atoms with Gasteiger partial charge in [0, 0.05) is 31.9 Å². The number of carbonyl (C=O) groups excluding carboxylic acids is 1. The first kappa shape index (κ1) is 15.5. The zero-order valence-electron chi connectivity index (χ0n) is 13.2. The summed E-state index contributed by atoms with van der Waals surface area (Å²) in [4.78, 5) is 17.0. The predicted octanol–water partition coefficient (Wildman–Crippen LogP) is 2.63. The van der Waals surface area contributed by atoms with Crippen LogP contribution >= 0.6 is 11.8 Å². The minimum atomic E-state index is 0.210. The summed E-state index contributed by atoms with van der Waals surface area (Å²) in [6, 6.07) is 8.16. The van der Waals surface area contributed by atoms with E-state index in [0.29, 0.717) is 5.91 Å². The molecule has 5 heteroatoms. The van der Waals surface area contributed by atoms with E-state index in [1.807, 2.05) is 23.9 Å². The Balaban J connectivity index is 1.54. The molecule has 1 amide bonds. The van der Waals surface area contributed by atoms with Crippen LogP contribution < -0.4 is 9.64 Å². The Morgan fingerprint density at radius 2 is 1.86 bits per heavy atom. The maximum atomic E-state index is 12.5. The molecular weight excluding hydrogens is 296 g/mol. The van der Waals surface area contributed by atoms with E-state index in [1.165, 1.54) is 18.5 Å². The normalized spacial score (nSPS) is 22.5. The van der Waals surface area contributed by atoms with Gasteiger partial charge < -0.3 is 14.5 Å². The summed E-state index contributed by atoms with van der Waals surface area (Å²) in [6.45, 7) is 3.49. The van der Waals surface area contributed by atoms with Crippen LogP contribution in [0, 0.1) is 0 Å². The van der Waals surface area contributed by atoms with Crippen molar-refractivity contribution in [1.82, 2.24) is 4.90 Å². The minimum absolute atomic E-state index is 0.210. The molecule has 2 saturated heterocycles. The topological polar surface area (TPSA) is 32.8 Å². The second kappa shape index (κ2) is 7.27. The molecule has 120 valence electrons. The Bertz CT molecular complexity index is 492. The zero-order chi connectivity index (χ0) is 15.4. The molecule has 2 fully saturated rings. The lowest BCUT2D eigenvalue weighted by atomic mass is 10.1. The molecule has 22 heavy (non-hydrogen) atoms. The van der Waals surface area contributed by atoms with Gasteiger partial charge >= 0.3 is 0 Å². The summed E-state index contributed by atoms with van der Waals surface area (Å²) in [5, 5.41) is 0.210. The minimum Gasteiger partial charge on any atom is -0.497 e. The number of methoxy groups -OCH3 is 1.